The summed E-state index contributed by atoms with van der Waals surface area (Å²) in [5, 5.41) is 4.34. The van der Waals surface area contributed by atoms with Gasteiger partial charge in [-0.1, -0.05) is 0 Å². The lowest BCUT2D eigenvalue weighted by molar-refractivity contribution is -0.135. The van der Waals surface area contributed by atoms with Gasteiger partial charge in [0.25, 0.3) is 0 Å². The van der Waals surface area contributed by atoms with Gasteiger partial charge < -0.3 is 10.2 Å². The van der Waals surface area contributed by atoms with Gasteiger partial charge in [0.15, 0.2) is 0 Å². The van der Waals surface area contributed by atoms with Gasteiger partial charge in [0.05, 0.1) is 21.8 Å². The van der Waals surface area contributed by atoms with E-state index in [-0.39, 0.29) is 5.91 Å². The molecule has 2 atom stereocenters. The van der Waals surface area contributed by atoms with Gasteiger partial charge in [-0.3, -0.25) is 4.79 Å². The zero-order valence-electron chi connectivity index (χ0n) is 13.4. The number of thiazole rings is 1. The van der Waals surface area contributed by atoms with Crippen LogP contribution in [-0.4, -0.2) is 34.4 Å². The Morgan fingerprint density at radius 2 is 2.09 bits per heavy atom. The van der Waals surface area contributed by atoms with Crippen molar-refractivity contribution in [3.05, 3.63) is 23.2 Å². The molecule has 1 fully saturated rings. The Labute approximate surface area is 135 Å². The molecule has 1 saturated heterocycles. The monoisotopic (exact) mass is 317 g/mol. The first-order valence-electron chi connectivity index (χ1n) is 7.97. The van der Waals surface area contributed by atoms with Crippen LogP contribution < -0.4 is 5.32 Å². The number of carbonyl (C=O) groups is 1. The summed E-state index contributed by atoms with van der Waals surface area (Å²) in [6, 6.07) is 6.79. The van der Waals surface area contributed by atoms with E-state index in [1.54, 1.807) is 11.3 Å². The molecule has 0 saturated carbocycles. The molecule has 0 aliphatic carbocycles. The van der Waals surface area contributed by atoms with Crippen LogP contribution in [0.3, 0.4) is 0 Å². The summed E-state index contributed by atoms with van der Waals surface area (Å²) in [4.78, 5) is 19.0. The highest BCUT2D eigenvalue weighted by molar-refractivity contribution is 7.18. The van der Waals surface area contributed by atoms with Crippen LogP contribution >= 0.6 is 11.3 Å². The fourth-order valence-corrected chi connectivity index (χ4v) is 4.20. The second-order valence-electron chi connectivity index (χ2n) is 6.20. The SMILES string of the molecule is Cc1nc2ccc(NCC(=O)N3[C@H](C)CCC[C@@H]3C)cc2s1. The van der Waals surface area contributed by atoms with Crippen molar-refractivity contribution in [2.24, 2.45) is 0 Å². The lowest BCUT2D eigenvalue weighted by Gasteiger charge is -2.39. The van der Waals surface area contributed by atoms with Crippen LogP contribution in [-0.2, 0) is 4.79 Å². The first-order valence-corrected chi connectivity index (χ1v) is 8.78. The number of aryl methyl sites for hydroxylation is 1. The summed E-state index contributed by atoms with van der Waals surface area (Å²) >= 11 is 1.68. The van der Waals surface area contributed by atoms with Gasteiger partial charge in [-0.25, -0.2) is 4.98 Å². The number of fused-ring (bicyclic) bond motifs is 1. The van der Waals surface area contributed by atoms with Crippen LogP contribution in [0.25, 0.3) is 10.2 Å². The number of benzene rings is 1. The maximum atomic E-state index is 12.5. The number of aromatic nitrogens is 1. The molecular formula is C17H23N3OS. The number of amides is 1. The van der Waals surface area contributed by atoms with E-state index >= 15 is 0 Å². The van der Waals surface area contributed by atoms with E-state index in [0.717, 1.165) is 33.8 Å². The second-order valence-corrected chi connectivity index (χ2v) is 7.43. The zero-order chi connectivity index (χ0) is 15.7. The van der Waals surface area contributed by atoms with E-state index in [9.17, 15) is 4.79 Å². The summed E-state index contributed by atoms with van der Waals surface area (Å²) in [6.45, 7) is 6.68. The molecule has 1 aromatic heterocycles. The average Bonchev–Trinajstić information content (AvgIpc) is 2.84. The summed E-state index contributed by atoms with van der Waals surface area (Å²) in [5.41, 5.74) is 2.01. The molecule has 4 nitrogen and oxygen atoms in total. The van der Waals surface area contributed by atoms with E-state index in [2.05, 4.69) is 30.2 Å². The van der Waals surface area contributed by atoms with Crippen LogP contribution in [0, 0.1) is 6.92 Å². The molecular weight excluding hydrogens is 294 g/mol. The van der Waals surface area contributed by atoms with E-state index in [0.29, 0.717) is 18.6 Å². The molecule has 1 aliphatic heterocycles. The van der Waals surface area contributed by atoms with Crippen molar-refractivity contribution >= 4 is 33.1 Å². The number of hydrogen-bond acceptors (Lipinski definition) is 4. The number of likely N-dealkylation sites (tertiary alicyclic amines) is 1. The summed E-state index contributed by atoms with van der Waals surface area (Å²) in [5.74, 6) is 0.195. The highest BCUT2D eigenvalue weighted by Gasteiger charge is 2.28. The standard InChI is InChI=1S/C17H23N3OS/c1-11-5-4-6-12(2)20(11)17(21)10-18-14-7-8-15-16(9-14)22-13(3)19-15/h7-9,11-12,18H,4-6,10H2,1-3H3/t11-,12+. The van der Waals surface area contributed by atoms with Crippen molar-refractivity contribution in [2.45, 2.75) is 52.1 Å². The van der Waals surface area contributed by atoms with Crippen molar-refractivity contribution in [2.75, 3.05) is 11.9 Å². The van der Waals surface area contributed by atoms with Crippen molar-refractivity contribution in [3.8, 4) is 0 Å². The predicted octanol–water partition coefficient (Wildman–Crippen LogP) is 3.81. The molecule has 2 aromatic rings. The molecule has 0 unspecified atom stereocenters. The first-order chi connectivity index (χ1) is 10.5. The normalized spacial score (nSPS) is 22.0. The average molecular weight is 317 g/mol. The van der Waals surface area contributed by atoms with Crippen molar-refractivity contribution in [1.82, 2.24) is 9.88 Å². The molecule has 0 spiro atoms. The third-order valence-corrected chi connectivity index (χ3v) is 5.35. The summed E-state index contributed by atoms with van der Waals surface area (Å²) in [7, 11) is 0. The van der Waals surface area contributed by atoms with E-state index in [1.165, 1.54) is 6.42 Å². The van der Waals surface area contributed by atoms with E-state index < -0.39 is 0 Å². The molecule has 1 aromatic carbocycles. The van der Waals surface area contributed by atoms with Crippen LogP contribution in [0.4, 0.5) is 5.69 Å². The van der Waals surface area contributed by atoms with Crippen molar-refractivity contribution in [3.63, 3.8) is 0 Å². The first kappa shape index (κ1) is 15.3. The molecule has 5 heteroatoms. The number of nitrogens with one attached hydrogen (secondary N) is 1. The highest BCUT2D eigenvalue weighted by atomic mass is 32.1. The van der Waals surface area contributed by atoms with Crippen LogP contribution in [0.1, 0.15) is 38.1 Å². The molecule has 0 radical (unpaired) electrons. The minimum absolute atomic E-state index is 0.195. The van der Waals surface area contributed by atoms with Crippen molar-refractivity contribution < 1.29 is 4.79 Å². The van der Waals surface area contributed by atoms with E-state index in [1.807, 2.05) is 24.0 Å². The molecule has 1 amide bonds. The Morgan fingerprint density at radius 1 is 1.36 bits per heavy atom. The minimum atomic E-state index is 0.195. The number of hydrogen-bond donors (Lipinski definition) is 1. The minimum Gasteiger partial charge on any atom is -0.376 e. The fourth-order valence-electron chi connectivity index (χ4n) is 3.33. The predicted molar refractivity (Wildman–Crippen MR) is 92.5 cm³/mol. The number of piperidine rings is 1. The van der Waals surface area contributed by atoms with Gasteiger partial charge in [-0.15, -0.1) is 11.3 Å². The Hall–Kier alpha value is -1.62. The quantitative estimate of drug-likeness (QED) is 0.936. The Balaban J connectivity index is 1.66. The fraction of sp³-hybridized carbons (Fsp3) is 0.529. The lowest BCUT2D eigenvalue weighted by Crippen LogP contribution is -2.49. The van der Waals surface area contributed by atoms with Gasteiger partial charge >= 0.3 is 0 Å². The second kappa shape index (κ2) is 6.24. The lowest BCUT2D eigenvalue weighted by atomic mass is 9.97. The topological polar surface area (TPSA) is 45.2 Å². The maximum absolute atomic E-state index is 12.5. The Bertz CT molecular complexity index is 672. The number of carbonyl (C=O) groups excluding carboxylic acids is 1. The van der Waals surface area contributed by atoms with Crippen molar-refractivity contribution in [1.29, 1.82) is 0 Å². The molecule has 2 heterocycles. The van der Waals surface area contributed by atoms with E-state index in [4.69, 9.17) is 0 Å². The number of anilines is 1. The highest BCUT2D eigenvalue weighted by Crippen LogP contribution is 2.25. The third kappa shape index (κ3) is 3.09. The Morgan fingerprint density at radius 3 is 2.82 bits per heavy atom. The smallest absolute Gasteiger partial charge is 0.242 e. The molecule has 22 heavy (non-hydrogen) atoms. The summed E-state index contributed by atoms with van der Waals surface area (Å²) in [6.07, 6.45) is 3.45. The van der Waals surface area contributed by atoms with Gasteiger partial charge in [0, 0.05) is 17.8 Å². The van der Waals surface area contributed by atoms with Crippen LogP contribution in [0.2, 0.25) is 0 Å². The van der Waals surface area contributed by atoms with Crippen LogP contribution in [0.5, 0.6) is 0 Å². The molecule has 1 N–H and O–H groups in total. The largest absolute Gasteiger partial charge is 0.376 e. The van der Waals surface area contributed by atoms with Gasteiger partial charge in [0.1, 0.15) is 0 Å². The molecule has 3 rings (SSSR count). The molecule has 1 aliphatic rings. The van der Waals surface area contributed by atoms with Crippen LogP contribution in [0.15, 0.2) is 18.2 Å². The molecule has 0 bridgehead atoms. The Kier molecular flexibility index (Phi) is 4.34. The maximum Gasteiger partial charge on any atom is 0.242 e. The molecule has 118 valence electrons. The van der Waals surface area contributed by atoms with Gasteiger partial charge in [-0.05, 0) is 58.2 Å². The third-order valence-electron chi connectivity index (χ3n) is 4.42. The summed E-state index contributed by atoms with van der Waals surface area (Å²) < 4.78 is 1.16. The van der Waals surface area contributed by atoms with Gasteiger partial charge in [0.2, 0.25) is 5.91 Å². The zero-order valence-corrected chi connectivity index (χ0v) is 14.2. The van der Waals surface area contributed by atoms with Gasteiger partial charge in [-0.2, -0.15) is 0 Å². The number of rotatable bonds is 3. The number of nitrogens with zero attached hydrogens (tertiary/aromatic N) is 2.